The summed E-state index contributed by atoms with van der Waals surface area (Å²) < 4.78 is 7.02. The maximum atomic E-state index is 5.24. The molecule has 2 aromatic heterocycles. The van der Waals surface area contributed by atoms with Gasteiger partial charge in [0.05, 0.1) is 18.0 Å². The van der Waals surface area contributed by atoms with Gasteiger partial charge < -0.3 is 15.4 Å². The standard InChI is InChI=1S/C16H24N6O/c1-11-7-12(2)22(21-11)16-19-14(10-23-3)8-15(20-16)18-13-5-4-6-17-9-13/h7-8,13,17H,4-6,9-10H2,1-3H3,(H,18,19,20). The summed E-state index contributed by atoms with van der Waals surface area (Å²) in [7, 11) is 1.67. The van der Waals surface area contributed by atoms with Gasteiger partial charge in [0, 0.05) is 31.5 Å². The van der Waals surface area contributed by atoms with E-state index in [0.717, 1.165) is 42.4 Å². The van der Waals surface area contributed by atoms with Gasteiger partial charge in [0.25, 0.3) is 5.95 Å². The molecule has 7 nitrogen and oxygen atoms in total. The van der Waals surface area contributed by atoms with Gasteiger partial charge in [-0.1, -0.05) is 0 Å². The highest BCUT2D eigenvalue weighted by Gasteiger charge is 2.15. The minimum atomic E-state index is 0.391. The van der Waals surface area contributed by atoms with Gasteiger partial charge in [-0.3, -0.25) is 0 Å². The predicted molar refractivity (Wildman–Crippen MR) is 88.9 cm³/mol. The minimum Gasteiger partial charge on any atom is -0.378 e. The Hall–Kier alpha value is -1.99. The van der Waals surface area contributed by atoms with Gasteiger partial charge in [-0.25, -0.2) is 9.67 Å². The first-order valence-corrected chi connectivity index (χ1v) is 8.03. The van der Waals surface area contributed by atoms with E-state index >= 15 is 0 Å². The molecule has 0 amide bonds. The summed E-state index contributed by atoms with van der Waals surface area (Å²) in [5.74, 6) is 1.40. The summed E-state index contributed by atoms with van der Waals surface area (Å²) in [6, 6.07) is 4.36. The second kappa shape index (κ2) is 7.06. The molecule has 1 unspecified atom stereocenters. The molecule has 0 radical (unpaired) electrons. The smallest absolute Gasteiger partial charge is 0.253 e. The molecule has 0 aliphatic carbocycles. The van der Waals surface area contributed by atoms with Gasteiger partial charge >= 0.3 is 0 Å². The van der Waals surface area contributed by atoms with Crippen LogP contribution in [0.1, 0.15) is 29.9 Å². The van der Waals surface area contributed by atoms with Crippen molar-refractivity contribution in [3.8, 4) is 5.95 Å². The fourth-order valence-electron chi connectivity index (χ4n) is 2.89. The molecular weight excluding hydrogens is 292 g/mol. The Bertz CT molecular complexity index is 663. The number of aryl methyl sites for hydroxylation is 2. The largest absolute Gasteiger partial charge is 0.378 e. The highest BCUT2D eigenvalue weighted by molar-refractivity contribution is 5.40. The van der Waals surface area contributed by atoms with Crippen molar-refractivity contribution < 1.29 is 4.74 Å². The maximum Gasteiger partial charge on any atom is 0.253 e. The number of nitrogens with zero attached hydrogens (tertiary/aromatic N) is 4. The number of aromatic nitrogens is 4. The molecule has 3 rings (SSSR count). The first kappa shape index (κ1) is 15.9. The molecule has 0 saturated carbocycles. The Morgan fingerprint density at radius 2 is 2.22 bits per heavy atom. The Morgan fingerprint density at radius 3 is 2.87 bits per heavy atom. The fourth-order valence-corrected chi connectivity index (χ4v) is 2.89. The van der Waals surface area contributed by atoms with Gasteiger partial charge in [-0.2, -0.15) is 10.1 Å². The summed E-state index contributed by atoms with van der Waals surface area (Å²) in [6.07, 6.45) is 2.32. The van der Waals surface area contributed by atoms with Crippen molar-refractivity contribution in [1.29, 1.82) is 0 Å². The van der Waals surface area contributed by atoms with Crippen LogP contribution in [-0.2, 0) is 11.3 Å². The Kier molecular flexibility index (Phi) is 4.88. The first-order chi connectivity index (χ1) is 11.2. The molecule has 0 bridgehead atoms. The lowest BCUT2D eigenvalue weighted by Gasteiger charge is -2.24. The zero-order chi connectivity index (χ0) is 16.2. The van der Waals surface area contributed by atoms with E-state index < -0.39 is 0 Å². The van der Waals surface area contributed by atoms with E-state index in [1.54, 1.807) is 11.8 Å². The van der Waals surface area contributed by atoms with E-state index in [9.17, 15) is 0 Å². The summed E-state index contributed by atoms with van der Waals surface area (Å²) in [4.78, 5) is 9.22. The number of piperidine rings is 1. The third-order valence-electron chi connectivity index (χ3n) is 3.91. The van der Waals surface area contributed by atoms with Gasteiger partial charge in [-0.05, 0) is 39.3 Å². The summed E-state index contributed by atoms with van der Waals surface area (Å²) in [6.45, 7) is 6.47. The normalized spacial score (nSPS) is 18.1. The molecule has 2 aromatic rings. The second-order valence-electron chi connectivity index (χ2n) is 6.00. The van der Waals surface area contributed by atoms with Crippen molar-refractivity contribution in [2.24, 2.45) is 0 Å². The topological polar surface area (TPSA) is 76.9 Å². The number of nitrogens with one attached hydrogen (secondary N) is 2. The summed E-state index contributed by atoms with van der Waals surface area (Å²) in [5.41, 5.74) is 2.81. The van der Waals surface area contributed by atoms with Crippen molar-refractivity contribution >= 4 is 5.82 Å². The van der Waals surface area contributed by atoms with Crippen LogP contribution in [0.3, 0.4) is 0 Å². The molecule has 1 saturated heterocycles. The van der Waals surface area contributed by atoms with Crippen LogP contribution in [0.4, 0.5) is 5.82 Å². The van der Waals surface area contributed by atoms with Crippen molar-refractivity contribution in [2.75, 3.05) is 25.5 Å². The third-order valence-corrected chi connectivity index (χ3v) is 3.91. The highest BCUT2D eigenvalue weighted by atomic mass is 16.5. The van der Waals surface area contributed by atoms with Crippen LogP contribution >= 0.6 is 0 Å². The maximum absolute atomic E-state index is 5.24. The molecule has 1 atom stereocenters. The molecule has 1 aliphatic heterocycles. The number of anilines is 1. The summed E-state index contributed by atoms with van der Waals surface area (Å²) in [5, 5.41) is 11.4. The first-order valence-electron chi connectivity index (χ1n) is 8.03. The monoisotopic (exact) mass is 316 g/mol. The van der Waals surface area contributed by atoms with E-state index in [1.807, 2.05) is 26.0 Å². The van der Waals surface area contributed by atoms with Crippen molar-refractivity contribution in [3.05, 3.63) is 29.2 Å². The van der Waals surface area contributed by atoms with E-state index in [1.165, 1.54) is 6.42 Å². The lowest BCUT2D eigenvalue weighted by molar-refractivity contribution is 0.181. The fraction of sp³-hybridized carbons (Fsp3) is 0.562. The van der Waals surface area contributed by atoms with Gasteiger partial charge in [0.15, 0.2) is 0 Å². The molecule has 7 heteroatoms. The molecule has 23 heavy (non-hydrogen) atoms. The zero-order valence-electron chi connectivity index (χ0n) is 14.0. The van der Waals surface area contributed by atoms with E-state index in [-0.39, 0.29) is 0 Å². The minimum absolute atomic E-state index is 0.391. The average Bonchev–Trinajstić information content (AvgIpc) is 2.87. The van der Waals surface area contributed by atoms with Crippen molar-refractivity contribution in [2.45, 2.75) is 39.3 Å². The SMILES string of the molecule is COCc1cc(NC2CCCNC2)nc(-n2nc(C)cc2C)n1. The number of rotatable bonds is 5. The van der Waals surface area contributed by atoms with Gasteiger partial charge in [0.1, 0.15) is 5.82 Å². The van der Waals surface area contributed by atoms with Gasteiger partial charge in [0.2, 0.25) is 0 Å². The molecule has 0 aromatic carbocycles. The predicted octanol–water partition coefficient (Wildman–Crippen LogP) is 1.59. The molecule has 124 valence electrons. The van der Waals surface area contributed by atoms with Crippen LogP contribution in [0.15, 0.2) is 12.1 Å². The van der Waals surface area contributed by atoms with Crippen molar-refractivity contribution in [1.82, 2.24) is 25.1 Å². The Balaban J connectivity index is 1.90. The lowest BCUT2D eigenvalue weighted by atomic mass is 10.1. The molecule has 1 aliphatic rings. The zero-order valence-corrected chi connectivity index (χ0v) is 14.0. The lowest BCUT2D eigenvalue weighted by Crippen LogP contribution is -2.38. The quantitative estimate of drug-likeness (QED) is 0.872. The number of ether oxygens (including phenoxy) is 1. The molecule has 2 N–H and O–H groups in total. The van der Waals surface area contributed by atoms with Crippen LogP contribution in [0.25, 0.3) is 5.95 Å². The highest BCUT2D eigenvalue weighted by Crippen LogP contribution is 2.16. The van der Waals surface area contributed by atoms with E-state index in [2.05, 4.69) is 25.7 Å². The van der Waals surface area contributed by atoms with E-state index in [0.29, 0.717) is 18.6 Å². The number of hydrogen-bond donors (Lipinski definition) is 2. The van der Waals surface area contributed by atoms with Crippen molar-refractivity contribution in [3.63, 3.8) is 0 Å². The Labute approximate surface area is 136 Å². The molecule has 0 spiro atoms. The Morgan fingerprint density at radius 1 is 1.35 bits per heavy atom. The average molecular weight is 316 g/mol. The van der Waals surface area contributed by atoms with Crippen LogP contribution in [0, 0.1) is 13.8 Å². The number of methoxy groups -OCH3 is 1. The van der Waals surface area contributed by atoms with Crippen LogP contribution in [-0.4, -0.2) is 46.0 Å². The van der Waals surface area contributed by atoms with Crippen LogP contribution < -0.4 is 10.6 Å². The van der Waals surface area contributed by atoms with Crippen LogP contribution in [0.5, 0.6) is 0 Å². The molecule has 1 fully saturated rings. The summed E-state index contributed by atoms with van der Waals surface area (Å²) >= 11 is 0. The molecule has 3 heterocycles. The third kappa shape index (κ3) is 3.86. The van der Waals surface area contributed by atoms with Gasteiger partial charge in [-0.15, -0.1) is 0 Å². The number of hydrogen-bond acceptors (Lipinski definition) is 6. The molecular formula is C16H24N6O. The second-order valence-corrected chi connectivity index (χ2v) is 6.00. The van der Waals surface area contributed by atoms with E-state index in [4.69, 9.17) is 4.74 Å². The van der Waals surface area contributed by atoms with Crippen LogP contribution in [0.2, 0.25) is 0 Å².